The molecule has 0 aromatic rings. The van der Waals surface area contributed by atoms with Gasteiger partial charge in [-0.05, 0) is 18.4 Å². The van der Waals surface area contributed by atoms with Gasteiger partial charge >= 0.3 is 5.97 Å². The van der Waals surface area contributed by atoms with Crippen LogP contribution >= 0.6 is 0 Å². The molecule has 3 heteroatoms. The van der Waals surface area contributed by atoms with E-state index >= 15 is 0 Å². The molecule has 0 aromatic heterocycles. The summed E-state index contributed by atoms with van der Waals surface area (Å²) in [6.07, 6.45) is 6.64. The van der Waals surface area contributed by atoms with Gasteiger partial charge in [0.05, 0.1) is 19.3 Å². The Hall–Kier alpha value is -1.09. The Morgan fingerprint density at radius 2 is 2.11 bits per heavy atom. The molecule has 1 aliphatic heterocycles. The van der Waals surface area contributed by atoms with E-state index in [1.807, 2.05) is 0 Å². The molecule has 3 nitrogen and oxygen atoms in total. The van der Waals surface area contributed by atoms with Gasteiger partial charge in [0, 0.05) is 17.9 Å². The molecule has 2 aliphatic carbocycles. The Labute approximate surface area is 108 Å². The maximum atomic E-state index is 11.8. The van der Waals surface area contributed by atoms with Crippen LogP contribution in [0.15, 0.2) is 23.3 Å². The number of carbonyl (C=O) groups excluding carboxylic acids is 1. The lowest BCUT2D eigenvalue weighted by Gasteiger charge is -2.37. The number of methoxy groups -OCH3 is 1. The molecule has 0 radical (unpaired) electrons. The summed E-state index contributed by atoms with van der Waals surface area (Å²) in [7, 11) is 1.44. The van der Waals surface area contributed by atoms with Crippen LogP contribution in [0.4, 0.5) is 0 Å². The third-order valence-electron chi connectivity index (χ3n) is 4.72. The smallest absolute Gasteiger partial charge is 0.334 e. The molecule has 3 aliphatic rings. The molecule has 18 heavy (non-hydrogen) atoms. The van der Waals surface area contributed by atoms with Crippen LogP contribution in [0.25, 0.3) is 0 Å². The van der Waals surface area contributed by atoms with Gasteiger partial charge in [0.25, 0.3) is 0 Å². The highest BCUT2D eigenvalue weighted by Crippen LogP contribution is 2.54. The summed E-state index contributed by atoms with van der Waals surface area (Å²) in [5, 5.41) is 0. The molecule has 1 atom stereocenters. The zero-order valence-corrected chi connectivity index (χ0v) is 11.0. The lowest BCUT2D eigenvalue weighted by atomic mass is 9.73. The van der Waals surface area contributed by atoms with Crippen molar-refractivity contribution in [1.82, 2.24) is 0 Å². The van der Waals surface area contributed by atoms with E-state index in [0.29, 0.717) is 13.0 Å². The first kappa shape index (κ1) is 12.0. The minimum absolute atomic E-state index is 0.0551. The Balaban J connectivity index is 1.96. The standard InChI is InChI=1S/C15H20O3/c1-10-8-11(14(16)17-2)12-9-18-15(13(10)12)6-4-3-5-7-15/h13H,1,3-9H2,2H3/t13-/m1/s1. The highest BCUT2D eigenvalue weighted by molar-refractivity contribution is 5.91. The summed E-state index contributed by atoms with van der Waals surface area (Å²) < 4.78 is 11.0. The Bertz CT molecular complexity index is 427. The van der Waals surface area contributed by atoms with E-state index in [0.717, 1.165) is 29.6 Å². The van der Waals surface area contributed by atoms with Gasteiger partial charge in [-0.3, -0.25) is 0 Å². The van der Waals surface area contributed by atoms with Crippen LogP contribution in [0.1, 0.15) is 38.5 Å². The molecule has 0 amide bonds. The van der Waals surface area contributed by atoms with E-state index in [4.69, 9.17) is 9.47 Å². The van der Waals surface area contributed by atoms with Crippen LogP contribution in [0.2, 0.25) is 0 Å². The molecular formula is C15H20O3. The van der Waals surface area contributed by atoms with Gasteiger partial charge in [-0.2, -0.15) is 0 Å². The second-order valence-electron chi connectivity index (χ2n) is 5.68. The molecule has 0 unspecified atom stereocenters. The molecule has 1 heterocycles. The highest BCUT2D eigenvalue weighted by atomic mass is 16.5. The van der Waals surface area contributed by atoms with Crippen molar-refractivity contribution >= 4 is 5.97 Å². The van der Waals surface area contributed by atoms with Gasteiger partial charge in [-0.25, -0.2) is 4.79 Å². The van der Waals surface area contributed by atoms with Gasteiger partial charge < -0.3 is 9.47 Å². The molecule has 0 bridgehead atoms. The normalized spacial score (nSPS) is 29.8. The predicted molar refractivity (Wildman–Crippen MR) is 68.1 cm³/mol. The maximum Gasteiger partial charge on any atom is 0.334 e. The molecular weight excluding hydrogens is 228 g/mol. The maximum absolute atomic E-state index is 11.8. The Morgan fingerprint density at radius 3 is 2.78 bits per heavy atom. The first-order valence-electron chi connectivity index (χ1n) is 6.80. The number of ether oxygens (including phenoxy) is 2. The van der Waals surface area contributed by atoms with Gasteiger partial charge in [0.1, 0.15) is 0 Å². The van der Waals surface area contributed by atoms with Crippen LogP contribution in [-0.4, -0.2) is 25.3 Å². The van der Waals surface area contributed by atoms with Crippen molar-refractivity contribution in [1.29, 1.82) is 0 Å². The molecule has 1 saturated carbocycles. The summed E-state index contributed by atoms with van der Waals surface area (Å²) >= 11 is 0. The number of esters is 1. The van der Waals surface area contributed by atoms with E-state index in [-0.39, 0.29) is 17.5 Å². The molecule has 98 valence electrons. The fourth-order valence-electron chi connectivity index (χ4n) is 3.94. The Morgan fingerprint density at radius 1 is 1.39 bits per heavy atom. The largest absolute Gasteiger partial charge is 0.466 e. The van der Waals surface area contributed by atoms with E-state index in [1.165, 1.54) is 26.4 Å². The first-order chi connectivity index (χ1) is 8.68. The van der Waals surface area contributed by atoms with Crippen molar-refractivity contribution in [2.45, 2.75) is 44.1 Å². The summed E-state index contributed by atoms with van der Waals surface area (Å²) in [6, 6.07) is 0. The van der Waals surface area contributed by atoms with Crippen LogP contribution in [-0.2, 0) is 14.3 Å². The SMILES string of the molecule is C=C1CC(C(=O)OC)=C2COC3(CCCCC3)[C@H]12. The van der Waals surface area contributed by atoms with Crippen LogP contribution in [0.5, 0.6) is 0 Å². The molecule has 0 aromatic carbocycles. The summed E-state index contributed by atoms with van der Waals surface area (Å²) in [4.78, 5) is 11.8. The van der Waals surface area contributed by atoms with Gasteiger partial charge in [0.15, 0.2) is 0 Å². The van der Waals surface area contributed by atoms with Crippen LogP contribution in [0.3, 0.4) is 0 Å². The van der Waals surface area contributed by atoms with Crippen molar-refractivity contribution in [3.05, 3.63) is 23.3 Å². The molecule has 0 N–H and O–H groups in total. The fourth-order valence-corrected chi connectivity index (χ4v) is 3.94. The third-order valence-corrected chi connectivity index (χ3v) is 4.72. The lowest BCUT2D eigenvalue weighted by Crippen LogP contribution is -2.37. The highest BCUT2D eigenvalue weighted by Gasteiger charge is 2.52. The molecule has 1 spiro atoms. The fraction of sp³-hybridized carbons (Fsp3) is 0.667. The second kappa shape index (κ2) is 4.23. The number of hydrogen-bond acceptors (Lipinski definition) is 3. The van der Waals surface area contributed by atoms with Crippen molar-refractivity contribution in [3.63, 3.8) is 0 Å². The van der Waals surface area contributed by atoms with Crippen molar-refractivity contribution in [2.75, 3.05) is 13.7 Å². The topological polar surface area (TPSA) is 35.5 Å². The third kappa shape index (κ3) is 1.57. The minimum Gasteiger partial charge on any atom is -0.466 e. The summed E-state index contributed by atoms with van der Waals surface area (Å²) in [5.41, 5.74) is 3.04. The van der Waals surface area contributed by atoms with E-state index in [1.54, 1.807) is 0 Å². The van der Waals surface area contributed by atoms with Crippen LogP contribution < -0.4 is 0 Å². The van der Waals surface area contributed by atoms with Gasteiger partial charge in [-0.1, -0.05) is 31.4 Å². The average molecular weight is 248 g/mol. The first-order valence-corrected chi connectivity index (χ1v) is 6.80. The minimum atomic E-state index is -0.204. The number of hydrogen-bond donors (Lipinski definition) is 0. The second-order valence-corrected chi connectivity index (χ2v) is 5.68. The van der Waals surface area contributed by atoms with Crippen molar-refractivity contribution in [2.24, 2.45) is 5.92 Å². The van der Waals surface area contributed by atoms with E-state index in [2.05, 4.69) is 6.58 Å². The van der Waals surface area contributed by atoms with Crippen LogP contribution in [0, 0.1) is 5.92 Å². The molecule has 3 rings (SSSR count). The lowest BCUT2D eigenvalue weighted by molar-refractivity contribution is -0.136. The summed E-state index contributed by atoms with van der Waals surface area (Å²) in [5.74, 6) is 0.0667. The van der Waals surface area contributed by atoms with Gasteiger partial charge in [0.2, 0.25) is 0 Å². The molecule has 2 fully saturated rings. The quantitative estimate of drug-likeness (QED) is 0.529. The number of fused-ring (bicyclic) bond motifs is 2. The predicted octanol–water partition coefficient (Wildman–Crippen LogP) is 2.77. The monoisotopic (exact) mass is 248 g/mol. The van der Waals surface area contributed by atoms with Gasteiger partial charge in [-0.15, -0.1) is 0 Å². The van der Waals surface area contributed by atoms with Crippen molar-refractivity contribution in [3.8, 4) is 0 Å². The average Bonchev–Trinajstić information content (AvgIpc) is 2.91. The zero-order valence-electron chi connectivity index (χ0n) is 11.0. The number of rotatable bonds is 1. The summed E-state index contributed by atoms with van der Waals surface area (Å²) in [6.45, 7) is 4.78. The number of carbonyl (C=O) groups is 1. The van der Waals surface area contributed by atoms with E-state index < -0.39 is 0 Å². The van der Waals surface area contributed by atoms with Crippen molar-refractivity contribution < 1.29 is 14.3 Å². The Kier molecular flexibility index (Phi) is 2.81. The zero-order chi connectivity index (χ0) is 12.8. The van der Waals surface area contributed by atoms with E-state index in [9.17, 15) is 4.79 Å². The molecule has 1 saturated heterocycles.